The molecule has 0 radical (unpaired) electrons. The monoisotopic (exact) mass is 253 g/mol. The summed E-state index contributed by atoms with van der Waals surface area (Å²) < 4.78 is 5.71. The van der Waals surface area contributed by atoms with E-state index in [1.165, 1.54) is 5.56 Å². The van der Waals surface area contributed by atoms with E-state index in [0.29, 0.717) is 6.04 Å². The summed E-state index contributed by atoms with van der Waals surface area (Å²) in [4.78, 5) is 0. The highest BCUT2D eigenvalue weighted by Crippen LogP contribution is 2.24. The van der Waals surface area contributed by atoms with Gasteiger partial charge >= 0.3 is 0 Å². The van der Waals surface area contributed by atoms with Crippen LogP contribution in [0.5, 0.6) is 0 Å². The van der Waals surface area contributed by atoms with E-state index in [-0.39, 0.29) is 5.60 Å². The third kappa shape index (κ3) is 3.98. The molecule has 1 heterocycles. The zero-order chi connectivity index (χ0) is 12.3. The maximum atomic E-state index is 5.86. The third-order valence-corrected chi connectivity index (χ3v) is 3.46. The van der Waals surface area contributed by atoms with Crippen LogP contribution >= 0.6 is 11.6 Å². The summed E-state index contributed by atoms with van der Waals surface area (Å²) in [6.45, 7) is 6.06. The largest absolute Gasteiger partial charge is 0.375 e. The van der Waals surface area contributed by atoms with Gasteiger partial charge in [-0.2, -0.15) is 0 Å². The standard InChI is InChI=1S/C14H20ClNO/c1-14(2)9-13(7-8-17-14)16-10-11-3-5-12(15)6-4-11/h3-6,13,16H,7-10H2,1-2H3. The molecule has 0 amide bonds. The molecule has 1 fully saturated rings. The number of benzene rings is 1. The Labute approximate surface area is 108 Å². The second-order valence-corrected chi connectivity index (χ2v) is 5.74. The van der Waals surface area contributed by atoms with Gasteiger partial charge in [-0.05, 0) is 44.4 Å². The second-order valence-electron chi connectivity index (χ2n) is 5.31. The molecule has 1 atom stereocenters. The van der Waals surface area contributed by atoms with Gasteiger partial charge in [0.1, 0.15) is 0 Å². The smallest absolute Gasteiger partial charge is 0.0641 e. The van der Waals surface area contributed by atoms with Crippen molar-refractivity contribution >= 4 is 11.6 Å². The van der Waals surface area contributed by atoms with Crippen LogP contribution in [0.25, 0.3) is 0 Å². The highest BCUT2D eigenvalue weighted by Gasteiger charge is 2.28. The van der Waals surface area contributed by atoms with Crippen molar-refractivity contribution in [2.24, 2.45) is 0 Å². The van der Waals surface area contributed by atoms with Gasteiger partial charge in [0.2, 0.25) is 0 Å². The molecule has 3 heteroatoms. The molecule has 1 aliphatic heterocycles. The van der Waals surface area contributed by atoms with Gasteiger partial charge in [0, 0.05) is 24.2 Å². The Hall–Kier alpha value is -0.570. The van der Waals surface area contributed by atoms with E-state index in [9.17, 15) is 0 Å². The third-order valence-electron chi connectivity index (χ3n) is 3.21. The number of ether oxygens (including phenoxy) is 1. The quantitative estimate of drug-likeness (QED) is 0.892. The Balaban J connectivity index is 1.84. The van der Waals surface area contributed by atoms with Crippen molar-refractivity contribution in [2.45, 2.75) is 44.9 Å². The minimum Gasteiger partial charge on any atom is -0.375 e. The van der Waals surface area contributed by atoms with Crippen LogP contribution in [0.2, 0.25) is 5.02 Å². The normalized spacial score (nSPS) is 23.6. The number of hydrogen-bond donors (Lipinski definition) is 1. The Morgan fingerprint density at radius 1 is 1.35 bits per heavy atom. The number of halogens is 1. The minimum absolute atomic E-state index is 0.00983. The molecule has 1 aromatic rings. The average molecular weight is 254 g/mol. The highest BCUT2D eigenvalue weighted by molar-refractivity contribution is 6.30. The van der Waals surface area contributed by atoms with E-state index >= 15 is 0 Å². The summed E-state index contributed by atoms with van der Waals surface area (Å²) in [5.41, 5.74) is 1.29. The SMILES string of the molecule is CC1(C)CC(NCc2ccc(Cl)cc2)CCO1. The topological polar surface area (TPSA) is 21.3 Å². The maximum absolute atomic E-state index is 5.86. The lowest BCUT2D eigenvalue weighted by atomic mass is 9.94. The first-order chi connectivity index (χ1) is 8.05. The number of hydrogen-bond acceptors (Lipinski definition) is 2. The van der Waals surface area contributed by atoms with Crippen LogP contribution in [-0.4, -0.2) is 18.2 Å². The van der Waals surface area contributed by atoms with Crippen LogP contribution in [0.3, 0.4) is 0 Å². The van der Waals surface area contributed by atoms with Gasteiger partial charge in [-0.1, -0.05) is 23.7 Å². The van der Waals surface area contributed by atoms with Crippen molar-refractivity contribution in [3.8, 4) is 0 Å². The molecule has 1 unspecified atom stereocenters. The van der Waals surface area contributed by atoms with Crippen LogP contribution < -0.4 is 5.32 Å². The summed E-state index contributed by atoms with van der Waals surface area (Å²) in [6, 6.07) is 8.56. The van der Waals surface area contributed by atoms with Gasteiger partial charge in [0.15, 0.2) is 0 Å². The first-order valence-electron chi connectivity index (χ1n) is 6.17. The first-order valence-corrected chi connectivity index (χ1v) is 6.55. The zero-order valence-electron chi connectivity index (χ0n) is 10.5. The number of nitrogens with one attached hydrogen (secondary N) is 1. The maximum Gasteiger partial charge on any atom is 0.0641 e. The zero-order valence-corrected chi connectivity index (χ0v) is 11.3. The molecule has 1 aromatic carbocycles. The van der Waals surface area contributed by atoms with Crippen molar-refractivity contribution in [3.63, 3.8) is 0 Å². The second kappa shape index (κ2) is 5.38. The van der Waals surface area contributed by atoms with Crippen molar-refractivity contribution in [3.05, 3.63) is 34.9 Å². The van der Waals surface area contributed by atoms with Crippen LogP contribution in [-0.2, 0) is 11.3 Å². The van der Waals surface area contributed by atoms with Crippen molar-refractivity contribution in [1.29, 1.82) is 0 Å². The van der Waals surface area contributed by atoms with Gasteiger partial charge in [0.05, 0.1) is 5.60 Å². The molecule has 17 heavy (non-hydrogen) atoms. The fourth-order valence-electron chi connectivity index (χ4n) is 2.27. The average Bonchev–Trinajstić information content (AvgIpc) is 2.27. The summed E-state index contributed by atoms with van der Waals surface area (Å²) in [7, 11) is 0. The van der Waals surface area contributed by atoms with E-state index in [1.54, 1.807) is 0 Å². The van der Waals surface area contributed by atoms with Crippen molar-refractivity contribution in [1.82, 2.24) is 5.32 Å². The van der Waals surface area contributed by atoms with Crippen molar-refractivity contribution in [2.75, 3.05) is 6.61 Å². The lowest BCUT2D eigenvalue weighted by molar-refractivity contribution is -0.0630. The molecule has 0 saturated carbocycles. The molecule has 1 saturated heterocycles. The molecule has 1 N–H and O–H groups in total. The van der Waals surface area contributed by atoms with E-state index in [2.05, 4.69) is 31.3 Å². The molecule has 0 bridgehead atoms. The lowest BCUT2D eigenvalue weighted by Crippen LogP contribution is -2.43. The fraction of sp³-hybridized carbons (Fsp3) is 0.571. The molecule has 94 valence electrons. The van der Waals surface area contributed by atoms with E-state index in [4.69, 9.17) is 16.3 Å². The predicted octanol–water partition coefficient (Wildman–Crippen LogP) is 3.39. The Kier molecular flexibility index (Phi) is 4.08. The molecule has 0 aliphatic carbocycles. The summed E-state index contributed by atoms with van der Waals surface area (Å²) >= 11 is 5.86. The highest BCUT2D eigenvalue weighted by atomic mass is 35.5. The summed E-state index contributed by atoms with van der Waals surface area (Å²) in [5, 5.41) is 4.38. The van der Waals surface area contributed by atoms with Crippen LogP contribution in [0.15, 0.2) is 24.3 Å². The van der Waals surface area contributed by atoms with Crippen LogP contribution in [0.1, 0.15) is 32.3 Å². The molecular formula is C14H20ClNO. The van der Waals surface area contributed by atoms with E-state index in [1.807, 2.05) is 12.1 Å². The van der Waals surface area contributed by atoms with E-state index < -0.39 is 0 Å². The van der Waals surface area contributed by atoms with Gasteiger partial charge in [0.25, 0.3) is 0 Å². The minimum atomic E-state index is 0.00983. The Morgan fingerprint density at radius 3 is 2.71 bits per heavy atom. The lowest BCUT2D eigenvalue weighted by Gasteiger charge is -2.36. The molecule has 0 aromatic heterocycles. The molecule has 1 aliphatic rings. The molecular weight excluding hydrogens is 234 g/mol. The van der Waals surface area contributed by atoms with Gasteiger partial charge < -0.3 is 10.1 Å². The van der Waals surface area contributed by atoms with Gasteiger partial charge in [-0.15, -0.1) is 0 Å². The van der Waals surface area contributed by atoms with Crippen LogP contribution in [0.4, 0.5) is 0 Å². The molecule has 2 nitrogen and oxygen atoms in total. The van der Waals surface area contributed by atoms with Gasteiger partial charge in [-0.25, -0.2) is 0 Å². The number of rotatable bonds is 3. The van der Waals surface area contributed by atoms with E-state index in [0.717, 1.165) is 31.0 Å². The van der Waals surface area contributed by atoms with Crippen molar-refractivity contribution < 1.29 is 4.74 Å². The summed E-state index contributed by atoms with van der Waals surface area (Å²) in [6.07, 6.45) is 2.16. The molecule has 2 rings (SSSR count). The van der Waals surface area contributed by atoms with Gasteiger partial charge in [-0.3, -0.25) is 0 Å². The Bertz CT molecular complexity index is 361. The summed E-state index contributed by atoms with van der Waals surface area (Å²) in [5.74, 6) is 0. The molecule has 0 spiro atoms. The fourth-order valence-corrected chi connectivity index (χ4v) is 2.40. The van der Waals surface area contributed by atoms with Crippen LogP contribution in [0, 0.1) is 0 Å². The Morgan fingerprint density at radius 2 is 2.06 bits per heavy atom. The predicted molar refractivity (Wildman–Crippen MR) is 71.3 cm³/mol. The first kappa shape index (κ1) is 12.9.